The standard InChI is InChI=1S/C25H31BrO2/c1-16(20-11-12-21-19(15-26)10-7-13-25(20,21)3)14-22-23(17(2)24(27)28-22)18-8-5-4-6-9-18/h4-6,8-9,15-16,20-23H,2,7,10-14H2,1,3H3/b19-15+/t16-,20-,21+,22+,23-,25-/m1/s1. The van der Waals surface area contributed by atoms with Crippen LogP contribution in [0, 0.1) is 23.2 Å². The zero-order valence-corrected chi connectivity index (χ0v) is 18.6. The molecule has 1 saturated heterocycles. The second-order valence-corrected chi connectivity index (χ2v) is 9.81. The summed E-state index contributed by atoms with van der Waals surface area (Å²) in [6, 6.07) is 10.3. The Morgan fingerprint density at radius 3 is 2.79 bits per heavy atom. The molecule has 1 aliphatic heterocycles. The lowest BCUT2D eigenvalue weighted by Crippen LogP contribution is -2.37. The molecular weight excluding hydrogens is 412 g/mol. The fourth-order valence-corrected chi connectivity index (χ4v) is 7.12. The summed E-state index contributed by atoms with van der Waals surface area (Å²) in [4.78, 5) is 14.5. The lowest BCUT2D eigenvalue weighted by atomic mass is 9.61. The van der Waals surface area contributed by atoms with Gasteiger partial charge in [0.05, 0.1) is 5.92 Å². The quantitative estimate of drug-likeness (QED) is 0.379. The lowest BCUT2D eigenvalue weighted by molar-refractivity contribution is -0.139. The van der Waals surface area contributed by atoms with Gasteiger partial charge in [-0.25, -0.2) is 4.79 Å². The number of fused-ring (bicyclic) bond motifs is 1. The smallest absolute Gasteiger partial charge is 0.334 e. The third-order valence-corrected chi connectivity index (χ3v) is 8.48. The SMILES string of the molecule is C=C1C(=O)O[C@@H](C[C@@H](C)[C@H]2CC[C@H]3/C(=C/Br)CCC[C@]23C)[C@H]1c1ccccc1. The van der Waals surface area contributed by atoms with E-state index in [9.17, 15) is 4.79 Å². The van der Waals surface area contributed by atoms with Crippen LogP contribution in [0.5, 0.6) is 0 Å². The second kappa shape index (κ2) is 7.82. The van der Waals surface area contributed by atoms with E-state index >= 15 is 0 Å². The molecule has 2 aliphatic carbocycles. The summed E-state index contributed by atoms with van der Waals surface area (Å²) >= 11 is 3.62. The van der Waals surface area contributed by atoms with Gasteiger partial charge in [0.15, 0.2) is 0 Å². The van der Waals surface area contributed by atoms with Gasteiger partial charge in [0.2, 0.25) is 0 Å². The highest BCUT2D eigenvalue weighted by atomic mass is 79.9. The summed E-state index contributed by atoms with van der Waals surface area (Å²) < 4.78 is 5.82. The average molecular weight is 443 g/mol. The van der Waals surface area contributed by atoms with Gasteiger partial charge in [-0.1, -0.05) is 72.3 Å². The van der Waals surface area contributed by atoms with Crippen molar-refractivity contribution in [3.63, 3.8) is 0 Å². The number of allylic oxidation sites excluding steroid dienone is 1. The van der Waals surface area contributed by atoms with E-state index in [1.165, 1.54) is 32.1 Å². The zero-order chi connectivity index (χ0) is 19.9. The van der Waals surface area contributed by atoms with Gasteiger partial charge in [-0.05, 0) is 72.2 Å². The number of esters is 1. The maximum absolute atomic E-state index is 12.3. The normalized spacial score (nSPS) is 37.8. The highest BCUT2D eigenvalue weighted by Gasteiger charge is 2.51. The van der Waals surface area contributed by atoms with Crippen molar-refractivity contribution in [1.29, 1.82) is 0 Å². The van der Waals surface area contributed by atoms with Crippen LogP contribution in [0.2, 0.25) is 0 Å². The van der Waals surface area contributed by atoms with Crippen molar-refractivity contribution < 1.29 is 9.53 Å². The van der Waals surface area contributed by atoms with E-state index in [1.54, 1.807) is 5.57 Å². The molecule has 3 heteroatoms. The first kappa shape index (κ1) is 19.9. The summed E-state index contributed by atoms with van der Waals surface area (Å²) in [6.45, 7) is 8.95. The summed E-state index contributed by atoms with van der Waals surface area (Å²) in [5.74, 6) is 1.69. The predicted molar refractivity (Wildman–Crippen MR) is 117 cm³/mol. The first-order valence-electron chi connectivity index (χ1n) is 10.7. The number of benzene rings is 1. The maximum atomic E-state index is 12.3. The Hall–Kier alpha value is -1.35. The number of hydrogen-bond acceptors (Lipinski definition) is 2. The number of hydrogen-bond donors (Lipinski definition) is 0. The fraction of sp³-hybridized carbons (Fsp3) is 0.560. The molecule has 0 N–H and O–H groups in total. The summed E-state index contributed by atoms with van der Waals surface area (Å²) in [7, 11) is 0. The molecule has 1 aromatic carbocycles. The fourth-order valence-electron chi connectivity index (χ4n) is 6.57. The Bertz CT molecular complexity index is 783. The zero-order valence-electron chi connectivity index (χ0n) is 17.0. The van der Waals surface area contributed by atoms with Crippen LogP contribution in [0.1, 0.15) is 63.9 Å². The molecule has 0 aromatic heterocycles. The van der Waals surface area contributed by atoms with E-state index in [4.69, 9.17) is 4.74 Å². The van der Waals surface area contributed by atoms with Crippen molar-refractivity contribution in [2.75, 3.05) is 0 Å². The molecule has 0 spiro atoms. The Kier molecular flexibility index (Phi) is 5.57. The van der Waals surface area contributed by atoms with Gasteiger partial charge >= 0.3 is 5.97 Å². The van der Waals surface area contributed by atoms with Crippen molar-refractivity contribution in [2.45, 2.75) is 64.4 Å². The van der Waals surface area contributed by atoms with Gasteiger partial charge in [0.1, 0.15) is 6.10 Å². The van der Waals surface area contributed by atoms with Gasteiger partial charge in [-0.2, -0.15) is 0 Å². The van der Waals surface area contributed by atoms with Crippen molar-refractivity contribution in [3.05, 3.63) is 58.6 Å². The number of cyclic esters (lactones) is 1. The third-order valence-electron chi connectivity index (χ3n) is 7.90. The number of rotatable bonds is 4. The second-order valence-electron chi connectivity index (χ2n) is 9.35. The Morgan fingerprint density at radius 2 is 2.07 bits per heavy atom. The molecular formula is C25H31BrO2. The molecule has 2 nitrogen and oxygen atoms in total. The highest BCUT2D eigenvalue weighted by Crippen LogP contribution is 2.60. The van der Waals surface area contributed by atoms with Crippen molar-refractivity contribution in [2.24, 2.45) is 23.2 Å². The minimum absolute atomic E-state index is 0.00879. The Balaban J connectivity index is 1.54. The van der Waals surface area contributed by atoms with Crippen LogP contribution in [-0.4, -0.2) is 12.1 Å². The molecule has 2 saturated carbocycles. The van der Waals surface area contributed by atoms with E-state index in [-0.39, 0.29) is 18.0 Å². The molecule has 6 atom stereocenters. The monoisotopic (exact) mass is 442 g/mol. The summed E-state index contributed by atoms with van der Waals surface area (Å²) in [5.41, 5.74) is 3.74. The van der Waals surface area contributed by atoms with E-state index < -0.39 is 0 Å². The first-order chi connectivity index (χ1) is 13.5. The topological polar surface area (TPSA) is 26.3 Å². The van der Waals surface area contributed by atoms with Crippen molar-refractivity contribution in [1.82, 2.24) is 0 Å². The minimum atomic E-state index is -0.219. The highest BCUT2D eigenvalue weighted by molar-refractivity contribution is 9.11. The molecule has 0 bridgehead atoms. The number of carbonyl (C=O) groups excluding carboxylic acids is 1. The molecule has 4 rings (SSSR count). The van der Waals surface area contributed by atoms with Crippen LogP contribution >= 0.6 is 15.9 Å². The van der Waals surface area contributed by atoms with Crippen LogP contribution in [0.3, 0.4) is 0 Å². The number of carbonyl (C=O) groups is 1. The molecule has 0 amide bonds. The van der Waals surface area contributed by atoms with Crippen LogP contribution in [-0.2, 0) is 9.53 Å². The molecule has 28 heavy (non-hydrogen) atoms. The van der Waals surface area contributed by atoms with Gasteiger partial charge in [0, 0.05) is 5.57 Å². The maximum Gasteiger partial charge on any atom is 0.334 e. The summed E-state index contributed by atoms with van der Waals surface area (Å²) in [5, 5.41) is 0. The van der Waals surface area contributed by atoms with Gasteiger partial charge in [-0.15, -0.1) is 0 Å². The van der Waals surface area contributed by atoms with Crippen LogP contribution < -0.4 is 0 Å². The van der Waals surface area contributed by atoms with Crippen molar-refractivity contribution in [3.8, 4) is 0 Å². The molecule has 1 aromatic rings. The molecule has 150 valence electrons. The molecule has 1 heterocycles. The van der Waals surface area contributed by atoms with Gasteiger partial charge < -0.3 is 4.74 Å². The van der Waals surface area contributed by atoms with Gasteiger partial charge in [-0.3, -0.25) is 0 Å². The molecule has 0 radical (unpaired) electrons. The molecule has 0 unspecified atom stereocenters. The van der Waals surface area contributed by atoms with Crippen LogP contribution in [0.15, 0.2) is 53.0 Å². The predicted octanol–water partition coefficient (Wildman–Crippen LogP) is 6.77. The largest absolute Gasteiger partial charge is 0.458 e. The van der Waals surface area contributed by atoms with Gasteiger partial charge in [0.25, 0.3) is 0 Å². The van der Waals surface area contributed by atoms with Crippen LogP contribution in [0.25, 0.3) is 0 Å². The van der Waals surface area contributed by atoms with E-state index in [0.717, 1.165) is 12.0 Å². The van der Waals surface area contributed by atoms with E-state index in [0.29, 0.717) is 28.7 Å². The average Bonchev–Trinajstić information content (AvgIpc) is 3.18. The van der Waals surface area contributed by atoms with Crippen LogP contribution in [0.4, 0.5) is 0 Å². The van der Waals surface area contributed by atoms with E-state index in [2.05, 4.69) is 53.5 Å². The Morgan fingerprint density at radius 1 is 1.32 bits per heavy atom. The number of ether oxygens (including phenoxy) is 1. The minimum Gasteiger partial charge on any atom is -0.458 e. The molecule has 3 aliphatic rings. The number of halogens is 1. The third kappa shape index (κ3) is 3.30. The van der Waals surface area contributed by atoms with Crippen molar-refractivity contribution >= 4 is 21.9 Å². The first-order valence-corrected chi connectivity index (χ1v) is 11.6. The van der Waals surface area contributed by atoms with E-state index in [1.807, 2.05) is 18.2 Å². The Labute approximate surface area is 177 Å². The lowest BCUT2D eigenvalue weighted by Gasteiger charge is -2.44. The summed E-state index contributed by atoms with van der Waals surface area (Å²) in [6.07, 6.45) is 7.25. The molecule has 3 fully saturated rings.